The van der Waals surface area contributed by atoms with Crippen LogP contribution >= 0.6 is 0 Å². The summed E-state index contributed by atoms with van der Waals surface area (Å²) in [5.74, 6) is -0.158. The molecule has 1 aliphatic carbocycles. The van der Waals surface area contributed by atoms with Gasteiger partial charge in [0.25, 0.3) is 0 Å². The quantitative estimate of drug-likeness (QED) is 0.806. The fourth-order valence-corrected chi connectivity index (χ4v) is 2.63. The van der Waals surface area contributed by atoms with E-state index in [-0.39, 0.29) is 18.5 Å². The predicted molar refractivity (Wildman–Crippen MR) is 80.6 cm³/mol. The molecule has 1 aliphatic rings. The number of rotatable bonds is 7. The Kier molecular flexibility index (Phi) is 5.38. The Morgan fingerprint density at radius 2 is 2.20 bits per heavy atom. The molecule has 0 spiro atoms. The van der Waals surface area contributed by atoms with Crippen molar-refractivity contribution >= 4 is 5.69 Å². The van der Waals surface area contributed by atoms with Gasteiger partial charge in [-0.2, -0.15) is 0 Å². The van der Waals surface area contributed by atoms with Crippen molar-refractivity contribution in [3.05, 3.63) is 29.6 Å². The van der Waals surface area contributed by atoms with Crippen molar-refractivity contribution in [3.8, 4) is 0 Å². The molecule has 0 amide bonds. The maximum Gasteiger partial charge on any atom is 0.146 e. The number of aliphatic hydroxyl groups excluding tert-OH is 1. The molecule has 2 N–H and O–H groups in total. The van der Waals surface area contributed by atoms with E-state index in [1.54, 1.807) is 6.07 Å². The molecule has 4 heteroatoms. The van der Waals surface area contributed by atoms with E-state index in [9.17, 15) is 4.39 Å². The second-order valence-electron chi connectivity index (χ2n) is 5.58. The van der Waals surface area contributed by atoms with Crippen molar-refractivity contribution in [1.82, 2.24) is 5.32 Å². The van der Waals surface area contributed by atoms with Gasteiger partial charge in [0, 0.05) is 25.2 Å². The Morgan fingerprint density at radius 3 is 2.70 bits per heavy atom. The minimum absolute atomic E-state index is 0.146. The van der Waals surface area contributed by atoms with Gasteiger partial charge in [0.05, 0.1) is 5.69 Å². The summed E-state index contributed by atoms with van der Waals surface area (Å²) in [7, 11) is 1.87. The second kappa shape index (κ2) is 7.04. The Bertz CT molecular complexity index is 434. The first-order chi connectivity index (χ1) is 9.67. The van der Waals surface area contributed by atoms with Gasteiger partial charge in [-0.15, -0.1) is 0 Å². The number of hydrogen-bond donors (Lipinski definition) is 2. The number of hydrogen-bond acceptors (Lipinski definition) is 3. The second-order valence-corrected chi connectivity index (χ2v) is 5.58. The van der Waals surface area contributed by atoms with E-state index in [1.165, 1.54) is 6.42 Å². The predicted octanol–water partition coefficient (Wildman–Crippen LogP) is 2.85. The molecule has 0 saturated heterocycles. The van der Waals surface area contributed by atoms with Gasteiger partial charge in [-0.05, 0) is 57.4 Å². The van der Waals surface area contributed by atoms with E-state index in [2.05, 4.69) is 10.2 Å². The zero-order valence-corrected chi connectivity index (χ0v) is 12.4. The third-order valence-electron chi connectivity index (χ3n) is 4.29. The summed E-state index contributed by atoms with van der Waals surface area (Å²) in [6.45, 7) is 2.89. The highest BCUT2D eigenvalue weighted by molar-refractivity contribution is 5.51. The van der Waals surface area contributed by atoms with Crippen LogP contribution in [0.3, 0.4) is 0 Å². The molecule has 112 valence electrons. The van der Waals surface area contributed by atoms with Crippen LogP contribution in [0.25, 0.3) is 0 Å². The van der Waals surface area contributed by atoms with Crippen molar-refractivity contribution in [2.75, 3.05) is 25.1 Å². The number of benzene rings is 1. The van der Waals surface area contributed by atoms with Crippen molar-refractivity contribution in [1.29, 1.82) is 0 Å². The molecule has 0 aliphatic heterocycles. The molecular weight excluding hydrogens is 255 g/mol. The molecule has 0 radical (unpaired) electrons. The first-order valence-corrected chi connectivity index (χ1v) is 7.51. The van der Waals surface area contributed by atoms with E-state index in [1.807, 2.05) is 26.1 Å². The first-order valence-electron chi connectivity index (χ1n) is 7.51. The van der Waals surface area contributed by atoms with Crippen LogP contribution in [0.4, 0.5) is 10.1 Å². The molecule has 3 nitrogen and oxygen atoms in total. The van der Waals surface area contributed by atoms with Gasteiger partial charge >= 0.3 is 0 Å². The lowest BCUT2D eigenvalue weighted by molar-refractivity contribution is 0.282. The molecule has 0 heterocycles. The summed E-state index contributed by atoms with van der Waals surface area (Å²) < 4.78 is 14.4. The molecule has 1 fully saturated rings. The molecular formula is C16H25FN2O. The highest BCUT2D eigenvalue weighted by Crippen LogP contribution is 2.32. The van der Waals surface area contributed by atoms with Crippen LogP contribution in [-0.4, -0.2) is 31.3 Å². The molecule has 0 bridgehead atoms. The van der Waals surface area contributed by atoms with E-state index < -0.39 is 0 Å². The Morgan fingerprint density at radius 1 is 1.45 bits per heavy atom. The third kappa shape index (κ3) is 3.30. The topological polar surface area (TPSA) is 35.5 Å². The minimum atomic E-state index is -0.158. The third-order valence-corrected chi connectivity index (χ3v) is 4.29. The van der Waals surface area contributed by atoms with Crippen LogP contribution in [0.5, 0.6) is 0 Å². The molecule has 20 heavy (non-hydrogen) atoms. The summed E-state index contributed by atoms with van der Waals surface area (Å²) in [5.41, 5.74) is 1.64. The van der Waals surface area contributed by atoms with Gasteiger partial charge in [0.1, 0.15) is 5.82 Å². The van der Waals surface area contributed by atoms with Gasteiger partial charge in [0.15, 0.2) is 0 Å². The van der Waals surface area contributed by atoms with Gasteiger partial charge < -0.3 is 15.3 Å². The molecule has 1 unspecified atom stereocenters. The van der Waals surface area contributed by atoms with Crippen LogP contribution in [-0.2, 0) is 0 Å². The normalized spacial score (nSPS) is 16.8. The molecule has 2 rings (SSSR count). The monoisotopic (exact) mass is 280 g/mol. The summed E-state index contributed by atoms with van der Waals surface area (Å²) in [6, 6.07) is 6.08. The van der Waals surface area contributed by atoms with Gasteiger partial charge in [-0.1, -0.05) is 6.07 Å². The SMILES string of the molecule is CNC(C)c1ccc(N(CCCO)C2CCC2)c(F)c1. The maximum absolute atomic E-state index is 14.4. The van der Waals surface area contributed by atoms with Crippen LogP contribution in [0.2, 0.25) is 0 Å². The Hall–Kier alpha value is -1.13. The highest BCUT2D eigenvalue weighted by atomic mass is 19.1. The van der Waals surface area contributed by atoms with Crippen molar-refractivity contribution in [2.24, 2.45) is 0 Å². The lowest BCUT2D eigenvalue weighted by atomic mass is 9.90. The van der Waals surface area contributed by atoms with Gasteiger partial charge in [-0.3, -0.25) is 0 Å². The highest BCUT2D eigenvalue weighted by Gasteiger charge is 2.26. The average molecular weight is 280 g/mol. The Balaban J connectivity index is 2.19. The van der Waals surface area contributed by atoms with Crippen molar-refractivity contribution in [3.63, 3.8) is 0 Å². The molecule has 1 aromatic rings. The van der Waals surface area contributed by atoms with Gasteiger partial charge in [-0.25, -0.2) is 4.39 Å². The average Bonchev–Trinajstić information content (AvgIpc) is 2.40. The Labute approximate surface area is 120 Å². The van der Waals surface area contributed by atoms with Crippen LogP contribution in [0.15, 0.2) is 18.2 Å². The van der Waals surface area contributed by atoms with Crippen LogP contribution < -0.4 is 10.2 Å². The molecule has 1 atom stereocenters. The summed E-state index contributed by atoms with van der Waals surface area (Å²) in [6.07, 6.45) is 4.15. The van der Waals surface area contributed by atoms with E-state index in [0.29, 0.717) is 18.2 Å². The zero-order chi connectivity index (χ0) is 14.5. The summed E-state index contributed by atoms with van der Waals surface area (Å²) in [5, 5.41) is 12.1. The van der Waals surface area contributed by atoms with Crippen LogP contribution in [0.1, 0.15) is 44.2 Å². The van der Waals surface area contributed by atoms with Crippen LogP contribution in [0, 0.1) is 5.82 Å². The van der Waals surface area contributed by atoms with Gasteiger partial charge in [0.2, 0.25) is 0 Å². The number of halogens is 1. The van der Waals surface area contributed by atoms with Crippen molar-refractivity contribution in [2.45, 2.75) is 44.7 Å². The van der Waals surface area contributed by atoms with Crippen molar-refractivity contribution < 1.29 is 9.50 Å². The number of anilines is 1. The molecule has 0 aromatic heterocycles. The number of aliphatic hydroxyl groups is 1. The largest absolute Gasteiger partial charge is 0.396 e. The maximum atomic E-state index is 14.4. The fraction of sp³-hybridized carbons (Fsp3) is 0.625. The lowest BCUT2D eigenvalue weighted by Gasteiger charge is -2.39. The molecule has 1 aromatic carbocycles. The molecule has 1 saturated carbocycles. The fourth-order valence-electron chi connectivity index (χ4n) is 2.63. The first kappa shape index (κ1) is 15.3. The zero-order valence-electron chi connectivity index (χ0n) is 12.4. The minimum Gasteiger partial charge on any atom is -0.396 e. The summed E-state index contributed by atoms with van der Waals surface area (Å²) in [4.78, 5) is 2.13. The lowest BCUT2D eigenvalue weighted by Crippen LogP contribution is -2.41. The number of nitrogens with one attached hydrogen (secondary N) is 1. The number of nitrogens with zero attached hydrogens (tertiary/aromatic N) is 1. The van der Waals surface area contributed by atoms with E-state index >= 15 is 0 Å². The van der Waals surface area contributed by atoms with E-state index in [4.69, 9.17) is 5.11 Å². The smallest absolute Gasteiger partial charge is 0.146 e. The standard InChI is InChI=1S/C16H25FN2O/c1-12(18-2)13-7-8-16(15(17)11-13)19(9-4-10-20)14-5-3-6-14/h7-8,11-12,14,18,20H,3-6,9-10H2,1-2H3. The van der Waals surface area contributed by atoms with E-state index in [0.717, 1.165) is 24.9 Å². The summed E-state index contributed by atoms with van der Waals surface area (Å²) >= 11 is 0.